The van der Waals surface area contributed by atoms with Crippen LogP contribution in [-0.4, -0.2) is 6.61 Å². The highest BCUT2D eigenvalue weighted by Crippen LogP contribution is 2.29. The van der Waals surface area contributed by atoms with Crippen LogP contribution in [0.15, 0.2) is 36.4 Å². The summed E-state index contributed by atoms with van der Waals surface area (Å²) < 4.78 is 5.43. The molecular formula is C14H18O. The molecule has 0 fully saturated rings. The molecule has 1 heteroatoms. The van der Waals surface area contributed by atoms with Crippen LogP contribution in [0.3, 0.4) is 0 Å². The van der Waals surface area contributed by atoms with Gasteiger partial charge in [-0.3, -0.25) is 0 Å². The molecule has 1 nitrogen and oxygen atoms in total. The fraction of sp³-hybridized carbons (Fsp3) is 0.429. The van der Waals surface area contributed by atoms with E-state index in [1.807, 2.05) is 6.92 Å². The predicted octanol–water partition coefficient (Wildman–Crippen LogP) is 3.91. The van der Waals surface area contributed by atoms with Gasteiger partial charge in [-0.05, 0) is 49.8 Å². The normalized spacial score (nSPS) is 20.2. The quantitative estimate of drug-likeness (QED) is 0.675. The molecule has 80 valence electrons. The van der Waals surface area contributed by atoms with Crippen molar-refractivity contribution in [2.24, 2.45) is 0 Å². The summed E-state index contributed by atoms with van der Waals surface area (Å²) in [5.74, 6) is 1.69. The number of benzene rings is 1. The van der Waals surface area contributed by atoms with E-state index in [-0.39, 0.29) is 0 Å². The molecule has 0 radical (unpaired) electrons. The van der Waals surface area contributed by atoms with Gasteiger partial charge in [-0.1, -0.05) is 24.3 Å². The number of ether oxygens (including phenoxy) is 1. The zero-order valence-corrected chi connectivity index (χ0v) is 9.28. The lowest BCUT2D eigenvalue weighted by Crippen LogP contribution is -2.00. The molecule has 1 aliphatic rings. The lowest BCUT2D eigenvalue weighted by atomic mass is 9.88. The first-order valence-corrected chi connectivity index (χ1v) is 5.78. The van der Waals surface area contributed by atoms with E-state index in [1.54, 1.807) is 0 Å². The molecule has 0 N–H and O–H groups in total. The Bertz CT molecular complexity index is 324. The molecule has 0 amide bonds. The minimum absolute atomic E-state index is 0.714. The average Bonchev–Trinajstić information content (AvgIpc) is 2.32. The van der Waals surface area contributed by atoms with Crippen LogP contribution in [0, 0.1) is 0 Å². The van der Waals surface area contributed by atoms with Crippen LogP contribution < -0.4 is 4.74 Å². The van der Waals surface area contributed by atoms with Gasteiger partial charge in [0.25, 0.3) is 0 Å². The van der Waals surface area contributed by atoms with Crippen LogP contribution in [0.4, 0.5) is 0 Å². The number of hydrogen-bond donors (Lipinski definition) is 0. The third-order valence-corrected chi connectivity index (χ3v) is 2.93. The smallest absolute Gasteiger partial charge is 0.119 e. The largest absolute Gasteiger partial charge is 0.494 e. The molecule has 2 rings (SSSR count). The minimum Gasteiger partial charge on any atom is -0.494 e. The van der Waals surface area contributed by atoms with Crippen molar-refractivity contribution in [1.82, 2.24) is 0 Å². The standard InChI is InChI=1S/C14H18O/c1-2-15-14-10-8-13(9-11-14)12-6-4-3-5-7-12/h3-4,8-12H,2,5-7H2,1H3/t12-/m1/s1. The first-order chi connectivity index (χ1) is 7.40. The summed E-state index contributed by atoms with van der Waals surface area (Å²) in [6.07, 6.45) is 8.27. The summed E-state index contributed by atoms with van der Waals surface area (Å²) in [4.78, 5) is 0. The first kappa shape index (κ1) is 10.3. The summed E-state index contributed by atoms with van der Waals surface area (Å²) in [7, 11) is 0. The van der Waals surface area contributed by atoms with Gasteiger partial charge in [-0.25, -0.2) is 0 Å². The fourth-order valence-electron chi connectivity index (χ4n) is 2.10. The lowest BCUT2D eigenvalue weighted by molar-refractivity contribution is 0.340. The monoisotopic (exact) mass is 202 g/mol. The van der Waals surface area contributed by atoms with Crippen LogP contribution in [0.5, 0.6) is 5.75 Å². The van der Waals surface area contributed by atoms with Crippen molar-refractivity contribution in [3.63, 3.8) is 0 Å². The summed E-state index contributed by atoms with van der Waals surface area (Å²) in [5, 5.41) is 0. The minimum atomic E-state index is 0.714. The van der Waals surface area contributed by atoms with Crippen molar-refractivity contribution in [3.8, 4) is 5.75 Å². The van der Waals surface area contributed by atoms with Gasteiger partial charge in [0.05, 0.1) is 6.61 Å². The maximum atomic E-state index is 5.43. The molecule has 1 aromatic rings. The summed E-state index contributed by atoms with van der Waals surface area (Å²) in [5.41, 5.74) is 1.45. The van der Waals surface area contributed by atoms with Gasteiger partial charge in [0.1, 0.15) is 5.75 Å². The SMILES string of the molecule is CCOc1ccc([C@@H]2CC=CCC2)cc1. The van der Waals surface area contributed by atoms with Gasteiger partial charge >= 0.3 is 0 Å². The van der Waals surface area contributed by atoms with E-state index in [2.05, 4.69) is 36.4 Å². The van der Waals surface area contributed by atoms with E-state index in [0.29, 0.717) is 5.92 Å². The molecular weight excluding hydrogens is 184 g/mol. The second-order valence-electron chi connectivity index (χ2n) is 3.98. The Morgan fingerprint density at radius 2 is 2.00 bits per heavy atom. The van der Waals surface area contributed by atoms with Crippen molar-refractivity contribution < 1.29 is 4.74 Å². The molecule has 0 bridgehead atoms. The first-order valence-electron chi connectivity index (χ1n) is 5.78. The molecule has 1 atom stereocenters. The van der Waals surface area contributed by atoms with Crippen molar-refractivity contribution in [2.45, 2.75) is 32.1 Å². The Morgan fingerprint density at radius 1 is 1.20 bits per heavy atom. The molecule has 0 aliphatic heterocycles. The van der Waals surface area contributed by atoms with Gasteiger partial charge in [0.15, 0.2) is 0 Å². The fourth-order valence-corrected chi connectivity index (χ4v) is 2.10. The van der Waals surface area contributed by atoms with Gasteiger partial charge in [0.2, 0.25) is 0 Å². The topological polar surface area (TPSA) is 9.23 Å². The van der Waals surface area contributed by atoms with Crippen LogP contribution in [0.25, 0.3) is 0 Å². The molecule has 0 heterocycles. The molecule has 1 aliphatic carbocycles. The highest BCUT2D eigenvalue weighted by Gasteiger charge is 2.11. The maximum absolute atomic E-state index is 5.43. The Labute approximate surface area is 91.8 Å². The van der Waals surface area contributed by atoms with Crippen molar-refractivity contribution in [1.29, 1.82) is 0 Å². The molecule has 0 spiro atoms. The zero-order chi connectivity index (χ0) is 10.5. The van der Waals surface area contributed by atoms with E-state index < -0.39 is 0 Å². The predicted molar refractivity (Wildman–Crippen MR) is 63.3 cm³/mol. The van der Waals surface area contributed by atoms with Crippen LogP contribution in [0.1, 0.15) is 37.7 Å². The third kappa shape index (κ3) is 2.62. The van der Waals surface area contributed by atoms with E-state index in [0.717, 1.165) is 12.4 Å². The third-order valence-electron chi connectivity index (χ3n) is 2.93. The average molecular weight is 202 g/mol. The summed E-state index contributed by atoms with van der Waals surface area (Å²) in [6.45, 7) is 2.76. The zero-order valence-electron chi connectivity index (χ0n) is 9.28. The Morgan fingerprint density at radius 3 is 2.60 bits per heavy atom. The molecule has 0 unspecified atom stereocenters. The van der Waals surface area contributed by atoms with Gasteiger partial charge in [0, 0.05) is 0 Å². The molecule has 0 saturated carbocycles. The Hall–Kier alpha value is -1.24. The molecule has 1 aromatic carbocycles. The maximum Gasteiger partial charge on any atom is 0.119 e. The number of hydrogen-bond acceptors (Lipinski definition) is 1. The van der Waals surface area contributed by atoms with E-state index in [1.165, 1.54) is 24.8 Å². The van der Waals surface area contributed by atoms with Gasteiger partial charge in [-0.2, -0.15) is 0 Å². The van der Waals surface area contributed by atoms with Crippen molar-refractivity contribution in [2.75, 3.05) is 6.61 Å². The van der Waals surface area contributed by atoms with E-state index in [9.17, 15) is 0 Å². The summed E-state index contributed by atoms with van der Waals surface area (Å²) >= 11 is 0. The van der Waals surface area contributed by atoms with Crippen molar-refractivity contribution in [3.05, 3.63) is 42.0 Å². The molecule has 0 aromatic heterocycles. The van der Waals surface area contributed by atoms with E-state index in [4.69, 9.17) is 4.74 Å². The Kier molecular flexibility index (Phi) is 3.44. The van der Waals surface area contributed by atoms with Crippen LogP contribution in [-0.2, 0) is 0 Å². The van der Waals surface area contributed by atoms with Gasteiger partial charge < -0.3 is 4.74 Å². The second kappa shape index (κ2) is 5.01. The molecule has 0 saturated heterocycles. The molecule has 15 heavy (non-hydrogen) atoms. The second-order valence-corrected chi connectivity index (χ2v) is 3.98. The summed E-state index contributed by atoms with van der Waals surface area (Å²) in [6, 6.07) is 8.57. The highest BCUT2D eigenvalue weighted by atomic mass is 16.5. The van der Waals surface area contributed by atoms with Crippen LogP contribution >= 0.6 is 0 Å². The van der Waals surface area contributed by atoms with Crippen LogP contribution in [0.2, 0.25) is 0 Å². The number of allylic oxidation sites excluding steroid dienone is 2. The number of rotatable bonds is 3. The highest BCUT2D eigenvalue weighted by molar-refractivity contribution is 5.30. The van der Waals surface area contributed by atoms with E-state index >= 15 is 0 Å². The van der Waals surface area contributed by atoms with Crippen molar-refractivity contribution >= 4 is 0 Å². The lowest BCUT2D eigenvalue weighted by Gasteiger charge is -2.18. The Balaban J connectivity index is 2.05. The van der Waals surface area contributed by atoms with Gasteiger partial charge in [-0.15, -0.1) is 0 Å².